The van der Waals surface area contributed by atoms with Crippen LogP contribution >= 0.6 is 0 Å². The predicted molar refractivity (Wildman–Crippen MR) is 211 cm³/mol. The maximum Gasteiger partial charge on any atom is -0.0282 e. The first-order chi connectivity index (χ1) is 20.6. The summed E-state index contributed by atoms with van der Waals surface area (Å²) in [4.78, 5) is 0. The monoisotopic (exact) mass is 633 g/mol. The molecule has 10 unspecified atom stereocenters. The highest BCUT2D eigenvalue weighted by Gasteiger charge is 2.57. The van der Waals surface area contributed by atoms with Gasteiger partial charge in [0.15, 0.2) is 0 Å². The van der Waals surface area contributed by atoms with Gasteiger partial charge >= 0.3 is 0 Å². The van der Waals surface area contributed by atoms with Gasteiger partial charge in [0.1, 0.15) is 0 Å². The highest BCUT2D eigenvalue weighted by atomic mass is 14.6. The molecule has 2 rings (SSSR count). The van der Waals surface area contributed by atoms with Crippen LogP contribution in [0.15, 0.2) is 12.7 Å². The Morgan fingerprint density at radius 1 is 0.667 bits per heavy atom. The molecule has 272 valence electrons. The standard InChI is InChI=1S/C20H38.2C11H24.C3H6/c1-9-16-15(4)17-14(3)11-19(7,10-2)13-20(17,8)12-18(16,5)6;2*1-6-10(4)8-11(5)7-9(2)3;1-3-2/h14-17H,9-13H2,1-8H3;2*9-11H,6-8H2,1-5H3;3H,1H2,2H3. The van der Waals surface area contributed by atoms with Crippen molar-refractivity contribution in [3.63, 3.8) is 0 Å². The van der Waals surface area contributed by atoms with E-state index < -0.39 is 0 Å². The van der Waals surface area contributed by atoms with Crippen molar-refractivity contribution >= 4 is 0 Å². The van der Waals surface area contributed by atoms with Crippen molar-refractivity contribution < 1.29 is 0 Å². The second kappa shape index (κ2) is 22.4. The molecule has 0 saturated heterocycles. The van der Waals surface area contributed by atoms with Crippen molar-refractivity contribution in [1.29, 1.82) is 0 Å². The van der Waals surface area contributed by atoms with Crippen LogP contribution in [0.3, 0.4) is 0 Å². The number of hydrogen-bond acceptors (Lipinski definition) is 0. The third-order valence-corrected chi connectivity index (χ3v) is 12.2. The minimum Gasteiger partial charge on any atom is -0.103 e. The fourth-order valence-electron chi connectivity index (χ4n) is 10.9. The van der Waals surface area contributed by atoms with E-state index in [1.165, 1.54) is 70.6 Å². The molecule has 0 amide bonds. The molecule has 2 aliphatic rings. The Morgan fingerprint density at radius 3 is 1.38 bits per heavy atom. The van der Waals surface area contributed by atoms with Crippen molar-refractivity contribution in [1.82, 2.24) is 0 Å². The first-order valence-electron chi connectivity index (χ1n) is 20.2. The zero-order valence-electron chi connectivity index (χ0n) is 35.3. The van der Waals surface area contributed by atoms with Crippen LogP contribution < -0.4 is 0 Å². The minimum atomic E-state index is 0.519. The number of rotatable bonds is 12. The van der Waals surface area contributed by atoms with Gasteiger partial charge in [-0.3, -0.25) is 0 Å². The van der Waals surface area contributed by atoms with E-state index in [9.17, 15) is 0 Å². The number of fused-ring (bicyclic) bond motifs is 1. The summed E-state index contributed by atoms with van der Waals surface area (Å²) in [5, 5.41) is 0. The van der Waals surface area contributed by atoms with E-state index in [2.05, 4.69) is 131 Å². The molecule has 0 aromatic carbocycles. The highest BCUT2D eigenvalue weighted by Crippen LogP contribution is 2.65. The quantitative estimate of drug-likeness (QED) is 0.188. The third-order valence-electron chi connectivity index (χ3n) is 12.2. The summed E-state index contributed by atoms with van der Waals surface area (Å²) in [7, 11) is 0. The maximum absolute atomic E-state index is 3.36. The predicted octanol–water partition coefficient (Wildman–Crippen LogP) is 15.9. The molecular formula is C45H92. The lowest BCUT2D eigenvalue weighted by Gasteiger charge is -2.63. The molecule has 0 aromatic heterocycles. The lowest BCUT2D eigenvalue weighted by Crippen LogP contribution is -2.55. The Hall–Kier alpha value is -0.260. The molecule has 0 bridgehead atoms. The summed E-state index contributed by atoms with van der Waals surface area (Å²) in [6.07, 6.45) is 17.1. The van der Waals surface area contributed by atoms with Gasteiger partial charge in [0.25, 0.3) is 0 Å². The Kier molecular flexibility index (Phi) is 23.3. The van der Waals surface area contributed by atoms with Crippen LogP contribution in [0, 0.1) is 75.4 Å². The molecule has 0 heterocycles. The SMILES string of the molecule is C=CC.CCC(C)CC(C)CC(C)C.CCC(C)CC(C)CC(C)C.CCC1C(C)C2C(C)CC(C)(CC)CC2(C)CC1(C)C. The summed E-state index contributed by atoms with van der Waals surface area (Å²) in [6.45, 7) is 48.8. The lowest BCUT2D eigenvalue weighted by molar-refractivity contribution is -0.139. The summed E-state index contributed by atoms with van der Waals surface area (Å²) in [5.74, 6) is 9.07. The third kappa shape index (κ3) is 17.6. The van der Waals surface area contributed by atoms with E-state index in [4.69, 9.17) is 0 Å². The van der Waals surface area contributed by atoms with Crippen molar-refractivity contribution in [2.75, 3.05) is 0 Å². The highest BCUT2D eigenvalue weighted by molar-refractivity contribution is 5.06. The molecule has 10 atom stereocenters. The summed E-state index contributed by atoms with van der Waals surface area (Å²) in [6, 6.07) is 0. The average Bonchev–Trinajstić information content (AvgIpc) is 2.87. The van der Waals surface area contributed by atoms with Crippen LogP contribution in [-0.4, -0.2) is 0 Å². The second-order valence-electron chi connectivity index (χ2n) is 19.1. The molecule has 2 fully saturated rings. The van der Waals surface area contributed by atoms with Crippen molar-refractivity contribution in [3.8, 4) is 0 Å². The number of allylic oxidation sites excluding steroid dienone is 1. The summed E-state index contributed by atoms with van der Waals surface area (Å²) < 4.78 is 0. The zero-order chi connectivity index (χ0) is 35.8. The topological polar surface area (TPSA) is 0 Å². The molecule has 0 aliphatic heterocycles. The fraction of sp³-hybridized carbons (Fsp3) is 0.956. The van der Waals surface area contributed by atoms with Crippen molar-refractivity contribution in [3.05, 3.63) is 12.7 Å². The van der Waals surface area contributed by atoms with Crippen LogP contribution in [-0.2, 0) is 0 Å². The molecule has 0 radical (unpaired) electrons. The lowest BCUT2D eigenvalue weighted by atomic mass is 9.42. The van der Waals surface area contributed by atoms with Crippen LogP contribution in [0.25, 0.3) is 0 Å². The molecule has 45 heavy (non-hydrogen) atoms. The molecule has 2 saturated carbocycles. The maximum atomic E-state index is 3.36. The van der Waals surface area contributed by atoms with Crippen molar-refractivity contribution in [2.24, 2.45) is 75.4 Å². The van der Waals surface area contributed by atoms with E-state index >= 15 is 0 Å². The smallest absolute Gasteiger partial charge is 0.0282 e. The average molecular weight is 633 g/mol. The molecule has 0 spiro atoms. The normalized spacial score (nSPS) is 31.5. The van der Waals surface area contributed by atoms with E-state index in [0.717, 1.165) is 59.2 Å². The minimum absolute atomic E-state index is 0.519. The van der Waals surface area contributed by atoms with Gasteiger partial charge in [0.05, 0.1) is 0 Å². The van der Waals surface area contributed by atoms with E-state index in [0.29, 0.717) is 16.2 Å². The van der Waals surface area contributed by atoms with Crippen LogP contribution in [0.4, 0.5) is 0 Å². The molecule has 0 N–H and O–H groups in total. The second-order valence-corrected chi connectivity index (χ2v) is 19.1. The van der Waals surface area contributed by atoms with E-state index in [-0.39, 0.29) is 0 Å². The Balaban J connectivity index is 0. The molecular weight excluding hydrogens is 540 g/mol. The first kappa shape index (κ1) is 46.9. The van der Waals surface area contributed by atoms with Gasteiger partial charge < -0.3 is 0 Å². The van der Waals surface area contributed by atoms with Gasteiger partial charge in [-0.25, -0.2) is 0 Å². The van der Waals surface area contributed by atoms with Gasteiger partial charge in [-0.05, 0) is 127 Å². The van der Waals surface area contributed by atoms with E-state index in [1.807, 2.05) is 6.92 Å². The summed E-state index contributed by atoms with van der Waals surface area (Å²) in [5.41, 5.74) is 1.67. The summed E-state index contributed by atoms with van der Waals surface area (Å²) >= 11 is 0. The Morgan fingerprint density at radius 2 is 1.07 bits per heavy atom. The van der Waals surface area contributed by atoms with E-state index in [1.54, 1.807) is 6.08 Å². The van der Waals surface area contributed by atoms with Crippen LogP contribution in [0.2, 0.25) is 0 Å². The molecule has 0 heteroatoms. The zero-order valence-corrected chi connectivity index (χ0v) is 35.3. The first-order valence-corrected chi connectivity index (χ1v) is 20.2. The van der Waals surface area contributed by atoms with Crippen LogP contribution in [0.5, 0.6) is 0 Å². The Labute approximate surface area is 289 Å². The number of hydrogen-bond donors (Lipinski definition) is 0. The fourth-order valence-corrected chi connectivity index (χ4v) is 10.9. The van der Waals surface area contributed by atoms with Gasteiger partial charge in [-0.1, -0.05) is 156 Å². The molecule has 0 nitrogen and oxygen atoms in total. The van der Waals surface area contributed by atoms with Gasteiger partial charge in [0.2, 0.25) is 0 Å². The van der Waals surface area contributed by atoms with Gasteiger partial charge in [0, 0.05) is 0 Å². The van der Waals surface area contributed by atoms with Gasteiger partial charge in [-0.15, -0.1) is 6.58 Å². The molecule has 2 aliphatic carbocycles. The Bertz CT molecular complexity index is 704. The van der Waals surface area contributed by atoms with Gasteiger partial charge in [-0.2, -0.15) is 0 Å². The van der Waals surface area contributed by atoms with Crippen molar-refractivity contribution in [2.45, 2.75) is 202 Å². The van der Waals surface area contributed by atoms with Crippen LogP contribution in [0.1, 0.15) is 202 Å². The molecule has 0 aromatic rings. The largest absolute Gasteiger partial charge is 0.103 e.